The fourth-order valence-electron chi connectivity index (χ4n) is 3.24. The number of rotatable bonds is 2. The average molecular weight is 371 g/mol. The van der Waals surface area contributed by atoms with Crippen molar-refractivity contribution in [2.24, 2.45) is 11.3 Å². The van der Waals surface area contributed by atoms with Gasteiger partial charge in [0.1, 0.15) is 0 Å². The third-order valence-electron chi connectivity index (χ3n) is 4.40. The Morgan fingerprint density at radius 1 is 1.16 bits per heavy atom. The minimum absolute atomic E-state index is 0.399. The highest BCUT2D eigenvalue weighted by molar-refractivity contribution is 14.1. The summed E-state index contributed by atoms with van der Waals surface area (Å²) in [6.45, 7) is 9.33. The summed E-state index contributed by atoms with van der Waals surface area (Å²) < 4.78 is 1.35. The molecule has 1 aliphatic rings. The van der Waals surface area contributed by atoms with E-state index in [0.29, 0.717) is 11.5 Å². The van der Waals surface area contributed by atoms with Crippen LogP contribution >= 0.6 is 22.6 Å². The Morgan fingerprint density at radius 2 is 1.84 bits per heavy atom. The number of benzene rings is 1. The van der Waals surface area contributed by atoms with E-state index in [1.54, 1.807) is 0 Å². The minimum Gasteiger partial charge on any atom is -0.382 e. The zero-order chi connectivity index (χ0) is 14.0. The Hall–Kier alpha value is -0.250. The normalized spacial score (nSPS) is 24.3. The molecule has 0 saturated heterocycles. The monoisotopic (exact) mass is 371 g/mol. The average Bonchev–Trinajstić information content (AvgIpc) is 2.33. The van der Waals surface area contributed by atoms with Crippen LogP contribution < -0.4 is 5.32 Å². The summed E-state index contributed by atoms with van der Waals surface area (Å²) in [5.41, 5.74) is 3.05. The first-order chi connectivity index (χ1) is 8.88. The molecule has 2 heteroatoms. The van der Waals surface area contributed by atoms with Crippen LogP contribution in [0.2, 0.25) is 0 Å². The smallest absolute Gasteiger partial charge is 0.0353 e. The van der Waals surface area contributed by atoms with Crippen LogP contribution in [-0.4, -0.2) is 6.04 Å². The largest absolute Gasteiger partial charge is 0.382 e. The third kappa shape index (κ3) is 3.87. The molecule has 1 fully saturated rings. The molecule has 0 bridgehead atoms. The summed E-state index contributed by atoms with van der Waals surface area (Å²) >= 11 is 2.43. The van der Waals surface area contributed by atoms with Gasteiger partial charge in [-0.25, -0.2) is 0 Å². The van der Waals surface area contributed by atoms with Crippen molar-refractivity contribution in [1.29, 1.82) is 0 Å². The molecule has 0 heterocycles. The van der Waals surface area contributed by atoms with Gasteiger partial charge < -0.3 is 5.32 Å². The molecule has 2 unspecified atom stereocenters. The first-order valence-electron chi connectivity index (χ1n) is 7.40. The molecule has 0 aliphatic heterocycles. The SMILES string of the molecule is Cc1ccc(NC2CCCCC2C(C)(C)C)cc1I. The molecule has 1 saturated carbocycles. The van der Waals surface area contributed by atoms with E-state index in [-0.39, 0.29) is 0 Å². The standard InChI is InChI=1S/C17H26IN/c1-12-9-10-13(11-15(12)18)19-16-8-6-5-7-14(16)17(2,3)4/h9-11,14,16,19H,5-8H2,1-4H3. The molecule has 2 rings (SSSR count). The van der Waals surface area contributed by atoms with Crippen molar-refractivity contribution in [3.63, 3.8) is 0 Å². The highest BCUT2D eigenvalue weighted by atomic mass is 127. The molecule has 19 heavy (non-hydrogen) atoms. The number of hydrogen-bond acceptors (Lipinski definition) is 1. The molecule has 0 radical (unpaired) electrons. The van der Waals surface area contributed by atoms with Crippen molar-refractivity contribution < 1.29 is 0 Å². The molecule has 0 amide bonds. The van der Waals surface area contributed by atoms with E-state index in [1.807, 2.05) is 0 Å². The van der Waals surface area contributed by atoms with Crippen LogP contribution in [-0.2, 0) is 0 Å². The minimum atomic E-state index is 0.399. The lowest BCUT2D eigenvalue weighted by Crippen LogP contribution is -2.39. The molecule has 1 nitrogen and oxygen atoms in total. The summed E-state index contributed by atoms with van der Waals surface area (Å²) in [5.74, 6) is 0.778. The van der Waals surface area contributed by atoms with Crippen LogP contribution in [0.1, 0.15) is 52.0 Å². The second-order valence-corrected chi connectivity index (χ2v) is 8.13. The van der Waals surface area contributed by atoms with Gasteiger partial charge in [-0.1, -0.05) is 39.7 Å². The van der Waals surface area contributed by atoms with E-state index in [0.717, 1.165) is 5.92 Å². The van der Waals surface area contributed by atoms with Gasteiger partial charge in [-0.2, -0.15) is 0 Å². The lowest BCUT2D eigenvalue weighted by molar-refractivity contribution is 0.163. The van der Waals surface area contributed by atoms with Gasteiger partial charge in [-0.15, -0.1) is 0 Å². The van der Waals surface area contributed by atoms with Crippen LogP contribution in [0, 0.1) is 21.8 Å². The van der Waals surface area contributed by atoms with Crippen LogP contribution in [0.4, 0.5) is 5.69 Å². The zero-order valence-corrected chi connectivity index (χ0v) is 14.8. The first kappa shape index (κ1) is 15.1. The van der Waals surface area contributed by atoms with Gasteiger partial charge >= 0.3 is 0 Å². The maximum Gasteiger partial charge on any atom is 0.0353 e. The van der Waals surface area contributed by atoms with Gasteiger partial charge in [0.2, 0.25) is 0 Å². The fraction of sp³-hybridized carbons (Fsp3) is 0.647. The molecule has 1 N–H and O–H groups in total. The zero-order valence-electron chi connectivity index (χ0n) is 12.6. The Labute approximate surface area is 131 Å². The summed E-state index contributed by atoms with van der Waals surface area (Å²) in [7, 11) is 0. The van der Waals surface area contributed by atoms with Crippen LogP contribution in [0.15, 0.2) is 18.2 Å². The molecule has 1 aliphatic carbocycles. The van der Waals surface area contributed by atoms with Crippen LogP contribution in [0.25, 0.3) is 0 Å². The van der Waals surface area contributed by atoms with Crippen molar-refractivity contribution in [3.05, 3.63) is 27.3 Å². The highest BCUT2D eigenvalue weighted by Crippen LogP contribution is 2.39. The third-order valence-corrected chi connectivity index (χ3v) is 5.56. The first-order valence-corrected chi connectivity index (χ1v) is 8.48. The maximum atomic E-state index is 3.80. The predicted molar refractivity (Wildman–Crippen MR) is 92.7 cm³/mol. The van der Waals surface area contributed by atoms with E-state index >= 15 is 0 Å². The van der Waals surface area contributed by atoms with Crippen molar-refractivity contribution in [1.82, 2.24) is 0 Å². The maximum absolute atomic E-state index is 3.80. The summed E-state index contributed by atoms with van der Waals surface area (Å²) in [6, 6.07) is 7.36. The van der Waals surface area contributed by atoms with E-state index in [4.69, 9.17) is 0 Å². The Bertz CT molecular complexity index is 433. The van der Waals surface area contributed by atoms with E-state index < -0.39 is 0 Å². The predicted octanol–water partition coefficient (Wildman–Crippen LogP) is 5.62. The van der Waals surface area contributed by atoms with Gasteiger partial charge in [0.05, 0.1) is 0 Å². The Morgan fingerprint density at radius 3 is 2.47 bits per heavy atom. The number of halogens is 1. The van der Waals surface area contributed by atoms with Crippen molar-refractivity contribution in [2.45, 2.75) is 59.4 Å². The summed E-state index contributed by atoms with van der Waals surface area (Å²) in [6.07, 6.45) is 5.44. The van der Waals surface area contributed by atoms with Gasteiger partial charge in [-0.05, 0) is 71.4 Å². The molecule has 1 aromatic carbocycles. The van der Waals surface area contributed by atoms with Gasteiger partial charge in [0.25, 0.3) is 0 Å². The quantitative estimate of drug-likeness (QED) is 0.666. The number of hydrogen-bond donors (Lipinski definition) is 1. The Balaban J connectivity index is 2.13. The molecule has 0 spiro atoms. The fourth-order valence-corrected chi connectivity index (χ4v) is 3.75. The molecule has 106 valence electrons. The van der Waals surface area contributed by atoms with Crippen molar-refractivity contribution in [3.8, 4) is 0 Å². The topological polar surface area (TPSA) is 12.0 Å². The second-order valence-electron chi connectivity index (χ2n) is 6.97. The molecule has 0 aromatic heterocycles. The van der Waals surface area contributed by atoms with Gasteiger partial charge in [-0.3, -0.25) is 0 Å². The van der Waals surface area contributed by atoms with E-state index in [9.17, 15) is 0 Å². The second kappa shape index (κ2) is 6.02. The number of aryl methyl sites for hydroxylation is 1. The molecular formula is C17H26IN. The van der Waals surface area contributed by atoms with Gasteiger partial charge in [0.15, 0.2) is 0 Å². The molecule has 1 aromatic rings. The van der Waals surface area contributed by atoms with Crippen LogP contribution in [0.3, 0.4) is 0 Å². The van der Waals surface area contributed by atoms with Crippen molar-refractivity contribution >= 4 is 28.3 Å². The Kier molecular flexibility index (Phi) is 4.80. The highest BCUT2D eigenvalue weighted by Gasteiger charge is 2.33. The van der Waals surface area contributed by atoms with E-state index in [1.165, 1.54) is 40.5 Å². The molecule has 2 atom stereocenters. The van der Waals surface area contributed by atoms with E-state index in [2.05, 4.69) is 73.8 Å². The van der Waals surface area contributed by atoms with Crippen LogP contribution in [0.5, 0.6) is 0 Å². The number of nitrogens with one attached hydrogen (secondary N) is 1. The summed E-state index contributed by atoms with van der Waals surface area (Å²) in [4.78, 5) is 0. The van der Waals surface area contributed by atoms with Crippen molar-refractivity contribution in [2.75, 3.05) is 5.32 Å². The summed E-state index contributed by atoms with van der Waals surface area (Å²) in [5, 5.41) is 3.80. The number of anilines is 1. The molecular weight excluding hydrogens is 345 g/mol. The lowest BCUT2D eigenvalue weighted by Gasteiger charge is -2.41. The lowest BCUT2D eigenvalue weighted by atomic mass is 9.69. The van der Waals surface area contributed by atoms with Gasteiger partial charge in [0, 0.05) is 15.3 Å².